The molecule has 10 nitrogen and oxygen atoms in total. The van der Waals surface area contributed by atoms with Crippen LogP contribution in [0.25, 0.3) is 0 Å². The number of hydrogen-bond acceptors (Lipinski definition) is 8. The Balaban J connectivity index is 3.78. The van der Waals surface area contributed by atoms with E-state index in [0.717, 1.165) is 0 Å². The fourth-order valence-electron chi connectivity index (χ4n) is 0.692. The Kier molecular flexibility index (Phi) is 9.18. The van der Waals surface area contributed by atoms with Crippen LogP contribution in [0.1, 0.15) is 0 Å². The highest BCUT2D eigenvalue weighted by Crippen LogP contribution is 2.45. The number of aliphatic hydroxyl groups excluding tert-OH is 2. The molecule has 0 aliphatic rings. The highest BCUT2D eigenvalue weighted by Gasteiger charge is 2.23. The van der Waals surface area contributed by atoms with E-state index in [2.05, 4.69) is 18.1 Å². The van der Waals surface area contributed by atoms with Crippen LogP contribution >= 0.6 is 15.6 Å². The normalized spacial score (nSPS) is 18.2. The van der Waals surface area contributed by atoms with Crippen LogP contribution in [-0.2, 0) is 27.2 Å². The van der Waals surface area contributed by atoms with Gasteiger partial charge in [0.25, 0.3) is 0 Å². The van der Waals surface area contributed by atoms with E-state index in [1.54, 1.807) is 0 Å². The van der Waals surface area contributed by atoms with Gasteiger partial charge in [0, 0.05) is 0 Å². The number of phosphoric ester groups is 2. The number of aliphatic hydroxyl groups is 2. The Morgan fingerprint density at radius 2 is 0.944 bits per heavy atom. The van der Waals surface area contributed by atoms with Gasteiger partial charge in [-0.25, -0.2) is 9.13 Å². The van der Waals surface area contributed by atoms with Crippen LogP contribution in [0.2, 0.25) is 0 Å². The van der Waals surface area contributed by atoms with Crippen molar-refractivity contribution in [3.63, 3.8) is 0 Å². The minimum Gasteiger partial charge on any atom is -0.394 e. The molecule has 0 aliphatic heterocycles. The third kappa shape index (κ3) is 10.1. The van der Waals surface area contributed by atoms with Gasteiger partial charge in [0.15, 0.2) is 0 Å². The van der Waals surface area contributed by atoms with Crippen LogP contribution in [0, 0.1) is 0 Å². The minimum atomic E-state index is -4.30. The van der Waals surface area contributed by atoms with Crippen LogP contribution in [0.5, 0.6) is 0 Å². The SMILES string of the molecule is O=P(O)(OCCO)OCCOP(=O)(O)OCCO. The van der Waals surface area contributed by atoms with Gasteiger partial charge in [-0.2, -0.15) is 0 Å². The van der Waals surface area contributed by atoms with Crippen molar-refractivity contribution in [3.8, 4) is 0 Å². The maximum Gasteiger partial charge on any atom is 0.472 e. The zero-order chi connectivity index (χ0) is 14.1. The lowest BCUT2D eigenvalue weighted by Crippen LogP contribution is -2.07. The van der Waals surface area contributed by atoms with Crippen LogP contribution in [0.3, 0.4) is 0 Å². The van der Waals surface area contributed by atoms with Crippen molar-refractivity contribution in [2.24, 2.45) is 0 Å². The molecule has 2 unspecified atom stereocenters. The van der Waals surface area contributed by atoms with E-state index in [9.17, 15) is 9.13 Å². The first-order valence-electron chi connectivity index (χ1n) is 4.78. The summed E-state index contributed by atoms with van der Waals surface area (Å²) in [6.07, 6.45) is 0. The molecule has 12 heteroatoms. The van der Waals surface area contributed by atoms with Crippen molar-refractivity contribution in [2.45, 2.75) is 0 Å². The zero-order valence-electron chi connectivity index (χ0n) is 9.38. The maximum absolute atomic E-state index is 11.0. The molecule has 0 aliphatic carbocycles. The van der Waals surface area contributed by atoms with E-state index >= 15 is 0 Å². The first-order chi connectivity index (χ1) is 8.33. The van der Waals surface area contributed by atoms with Gasteiger partial charge in [-0.1, -0.05) is 0 Å². The van der Waals surface area contributed by atoms with Gasteiger partial charge in [0.2, 0.25) is 0 Å². The summed E-state index contributed by atoms with van der Waals surface area (Å²) in [4.78, 5) is 17.9. The molecule has 0 aromatic rings. The molecule has 0 saturated carbocycles. The summed E-state index contributed by atoms with van der Waals surface area (Å²) in [6, 6.07) is 0. The van der Waals surface area contributed by atoms with E-state index < -0.39 is 42.1 Å². The monoisotopic (exact) mass is 310 g/mol. The fourth-order valence-corrected chi connectivity index (χ4v) is 2.08. The number of rotatable bonds is 11. The first-order valence-corrected chi connectivity index (χ1v) is 7.77. The predicted octanol–water partition coefficient (Wildman–Crippen LogP) is -0.762. The minimum absolute atomic E-state index is 0.382. The maximum atomic E-state index is 11.0. The highest BCUT2D eigenvalue weighted by molar-refractivity contribution is 7.47. The van der Waals surface area contributed by atoms with E-state index in [4.69, 9.17) is 20.0 Å². The topological polar surface area (TPSA) is 152 Å². The molecule has 0 bridgehead atoms. The van der Waals surface area contributed by atoms with Gasteiger partial charge in [0.05, 0.1) is 39.6 Å². The van der Waals surface area contributed by atoms with Crippen molar-refractivity contribution >= 4 is 15.6 Å². The van der Waals surface area contributed by atoms with E-state index in [-0.39, 0.29) is 13.2 Å². The van der Waals surface area contributed by atoms with Gasteiger partial charge in [-0.05, 0) is 0 Å². The van der Waals surface area contributed by atoms with E-state index in [0.29, 0.717) is 0 Å². The second-order valence-electron chi connectivity index (χ2n) is 2.72. The molecule has 0 radical (unpaired) electrons. The molecular formula is C6H16O10P2. The smallest absolute Gasteiger partial charge is 0.394 e. The molecule has 0 spiro atoms. The second-order valence-corrected chi connectivity index (χ2v) is 5.62. The summed E-state index contributed by atoms with van der Waals surface area (Å²) in [6.45, 7) is -2.66. The summed E-state index contributed by atoms with van der Waals surface area (Å²) in [7, 11) is -8.61. The zero-order valence-corrected chi connectivity index (χ0v) is 11.2. The summed E-state index contributed by atoms with van der Waals surface area (Å²) >= 11 is 0. The average Bonchev–Trinajstić information content (AvgIpc) is 2.30. The molecular weight excluding hydrogens is 294 g/mol. The summed E-state index contributed by atoms with van der Waals surface area (Å²) < 4.78 is 39.3. The predicted molar refractivity (Wildman–Crippen MR) is 57.6 cm³/mol. The molecule has 0 saturated heterocycles. The Morgan fingerprint density at radius 3 is 1.22 bits per heavy atom. The van der Waals surface area contributed by atoms with Crippen LogP contribution in [0.4, 0.5) is 0 Å². The van der Waals surface area contributed by atoms with Crippen molar-refractivity contribution in [1.29, 1.82) is 0 Å². The standard InChI is InChI=1S/C6H16O10P2/c7-1-3-13-17(9,10)15-5-6-16-18(11,12)14-4-2-8/h7-8H,1-6H2,(H,9,10)(H,11,12). The lowest BCUT2D eigenvalue weighted by Gasteiger charge is -2.13. The van der Waals surface area contributed by atoms with Gasteiger partial charge >= 0.3 is 15.6 Å². The largest absolute Gasteiger partial charge is 0.472 e. The van der Waals surface area contributed by atoms with Gasteiger partial charge < -0.3 is 20.0 Å². The molecule has 18 heavy (non-hydrogen) atoms. The van der Waals surface area contributed by atoms with Gasteiger partial charge in [0.1, 0.15) is 0 Å². The molecule has 0 heterocycles. The Morgan fingerprint density at radius 1 is 0.667 bits per heavy atom. The van der Waals surface area contributed by atoms with Gasteiger partial charge in [-0.15, -0.1) is 0 Å². The fraction of sp³-hybridized carbons (Fsp3) is 1.00. The Hall–Kier alpha value is 0.140. The summed E-state index contributed by atoms with van der Waals surface area (Å²) in [5.41, 5.74) is 0. The molecule has 0 rings (SSSR count). The number of phosphoric acid groups is 2. The molecule has 0 aromatic carbocycles. The Bertz CT molecular complexity index is 277. The lowest BCUT2D eigenvalue weighted by atomic mass is 10.8. The van der Waals surface area contributed by atoms with Gasteiger partial charge in [-0.3, -0.25) is 18.1 Å². The lowest BCUT2D eigenvalue weighted by molar-refractivity contribution is 0.0881. The molecule has 0 aromatic heterocycles. The van der Waals surface area contributed by atoms with Crippen LogP contribution in [-0.4, -0.2) is 59.6 Å². The van der Waals surface area contributed by atoms with E-state index in [1.807, 2.05) is 0 Å². The third-order valence-electron chi connectivity index (χ3n) is 1.28. The third-order valence-corrected chi connectivity index (χ3v) is 3.32. The van der Waals surface area contributed by atoms with E-state index in [1.165, 1.54) is 0 Å². The summed E-state index contributed by atoms with van der Waals surface area (Å²) in [5.74, 6) is 0. The molecule has 4 N–H and O–H groups in total. The van der Waals surface area contributed by atoms with Crippen molar-refractivity contribution in [3.05, 3.63) is 0 Å². The molecule has 110 valence electrons. The van der Waals surface area contributed by atoms with Crippen LogP contribution in [0.15, 0.2) is 0 Å². The Labute approximate surface area is 103 Å². The van der Waals surface area contributed by atoms with Crippen molar-refractivity contribution < 1.29 is 47.2 Å². The second kappa shape index (κ2) is 9.11. The highest BCUT2D eigenvalue weighted by atomic mass is 31.2. The number of hydrogen-bond donors (Lipinski definition) is 4. The summed E-state index contributed by atoms with van der Waals surface area (Å²) in [5, 5.41) is 16.7. The van der Waals surface area contributed by atoms with Crippen molar-refractivity contribution in [1.82, 2.24) is 0 Å². The van der Waals surface area contributed by atoms with Crippen LogP contribution < -0.4 is 0 Å². The quantitative estimate of drug-likeness (QED) is 0.283. The average molecular weight is 310 g/mol. The molecule has 2 atom stereocenters. The first kappa shape index (κ1) is 18.1. The molecule has 0 fully saturated rings. The molecule has 0 amide bonds. The van der Waals surface area contributed by atoms with Crippen molar-refractivity contribution in [2.75, 3.05) is 39.6 Å².